The van der Waals surface area contributed by atoms with Gasteiger partial charge in [0.1, 0.15) is 11.6 Å². The van der Waals surface area contributed by atoms with Crippen LogP contribution in [0.25, 0.3) is 5.70 Å². The first-order chi connectivity index (χ1) is 11.6. The summed E-state index contributed by atoms with van der Waals surface area (Å²) in [4.78, 5) is 15.5. The smallest absolute Gasteiger partial charge is 0.290 e. The number of methoxy groups -OCH3 is 1. The van der Waals surface area contributed by atoms with Gasteiger partial charge in [0, 0.05) is 30.6 Å². The lowest BCUT2D eigenvalue weighted by atomic mass is 10.2. The Balaban J connectivity index is 0.000000647. The number of nitrogens with one attached hydrogen (secondary N) is 1. The number of halogens is 2. The van der Waals surface area contributed by atoms with E-state index in [0.29, 0.717) is 11.5 Å². The predicted molar refractivity (Wildman–Crippen MR) is 88.7 cm³/mol. The van der Waals surface area contributed by atoms with E-state index in [0.717, 1.165) is 36.6 Å². The van der Waals surface area contributed by atoms with E-state index in [4.69, 9.17) is 14.6 Å². The molecule has 0 radical (unpaired) electrons. The molecule has 0 spiro atoms. The highest BCUT2D eigenvalue weighted by atomic mass is 32.1. The van der Waals surface area contributed by atoms with Crippen molar-refractivity contribution in [1.29, 1.82) is 0 Å². The van der Waals surface area contributed by atoms with Gasteiger partial charge in [0.2, 0.25) is 0 Å². The molecule has 24 heavy (non-hydrogen) atoms. The normalized spacial score (nSPS) is 19.8. The summed E-state index contributed by atoms with van der Waals surface area (Å²) in [6.45, 7) is 1.51. The van der Waals surface area contributed by atoms with Crippen LogP contribution < -0.4 is 10.1 Å². The van der Waals surface area contributed by atoms with Crippen molar-refractivity contribution in [2.75, 3.05) is 20.2 Å². The Hall–Kier alpha value is -2.16. The summed E-state index contributed by atoms with van der Waals surface area (Å²) in [5.74, 6) is 1.38. The average molecular weight is 359 g/mol. The summed E-state index contributed by atoms with van der Waals surface area (Å²) < 4.78 is 31.4. The highest BCUT2D eigenvalue weighted by Crippen LogP contribution is 2.29. The van der Waals surface area contributed by atoms with Gasteiger partial charge in [0.05, 0.1) is 17.7 Å². The molecule has 1 aromatic rings. The Kier molecular flexibility index (Phi) is 6.53. The van der Waals surface area contributed by atoms with Gasteiger partial charge in [-0.2, -0.15) is 0 Å². The van der Waals surface area contributed by atoms with Crippen LogP contribution in [0.5, 0.6) is 5.75 Å². The Morgan fingerprint density at radius 1 is 1.50 bits per heavy atom. The molecule has 0 amide bonds. The lowest BCUT2D eigenvalue weighted by Gasteiger charge is -2.27. The molecule has 3 rings (SSSR count). The summed E-state index contributed by atoms with van der Waals surface area (Å²) in [7, 11) is 1.59. The fourth-order valence-electron chi connectivity index (χ4n) is 2.49. The van der Waals surface area contributed by atoms with Crippen molar-refractivity contribution in [3.05, 3.63) is 22.4 Å². The SMILES string of the molecule is COc1csc(C2=CC(N3CCCC3)=NC(C(F)F)N2)c1.O=CO. The average Bonchev–Trinajstić information content (AvgIpc) is 3.26. The molecule has 0 saturated carbocycles. The zero-order chi connectivity index (χ0) is 17.5. The van der Waals surface area contributed by atoms with E-state index < -0.39 is 12.6 Å². The van der Waals surface area contributed by atoms with Gasteiger partial charge < -0.3 is 20.1 Å². The summed E-state index contributed by atoms with van der Waals surface area (Å²) in [6.07, 6.45) is 0.306. The van der Waals surface area contributed by atoms with Crippen molar-refractivity contribution < 1.29 is 23.4 Å². The molecule has 0 aliphatic carbocycles. The number of thiophene rings is 1. The molecule has 0 aromatic carbocycles. The van der Waals surface area contributed by atoms with E-state index in [-0.39, 0.29) is 6.47 Å². The summed E-state index contributed by atoms with van der Waals surface area (Å²) in [5.41, 5.74) is 0.686. The third-order valence-corrected chi connectivity index (χ3v) is 4.54. The molecule has 3 heterocycles. The van der Waals surface area contributed by atoms with Crippen molar-refractivity contribution in [1.82, 2.24) is 10.2 Å². The molecule has 2 aliphatic heterocycles. The minimum atomic E-state index is -2.53. The third kappa shape index (κ3) is 4.44. The second kappa shape index (κ2) is 8.62. The fourth-order valence-corrected chi connectivity index (χ4v) is 3.33. The van der Waals surface area contributed by atoms with Gasteiger partial charge in [-0.3, -0.25) is 4.79 Å². The van der Waals surface area contributed by atoms with Crippen LogP contribution in [-0.2, 0) is 4.79 Å². The minimum Gasteiger partial charge on any atom is -0.496 e. The quantitative estimate of drug-likeness (QED) is 0.811. The van der Waals surface area contributed by atoms with Gasteiger partial charge in [-0.15, -0.1) is 11.3 Å². The molecule has 1 saturated heterocycles. The molecule has 1 fully saturated rings. The maximum absolute atomic E-state index is 13.1. The monoisotopic (exact) mass is 359 g/mol. The van der Waals surface area contributed by atoms with Crippen LogP contribution in [0.1, 0.15) is 17.7 Å². The Morgan fingerprint density at radius 2 is 2.17 bits per heavy atom. The number of hydrogen-bond donors (Lipinski definition) is 2. The predicted octanol–water partition coefficient (Wildman–Crippen LogP) is 2.49. The molecule has 2 N–H and O–H groups in total. The minimum absolute atomic E-state index is 0.250. The van der Waals surface area contributed by atoms with E-state index >= 15 is 0 Å². The number of carboxylic acid groups (broad SMARTS) is 1. The van der Waals surface area contributed by atoms with Crippen molar-refractivity contribution >= 4 is 29.3 Å². The number of rotatable bonds is 3. The van der Waals surface area contributed by atoms with Crippen LogP contribution >= 0.6 is 11.3 Å². The molecule has 1 aromatic heterocycles. The largest absolute Gasteiger partial charge is 0.496 e. The molecular weight excluding hydrogens is 340 g/mol. The number of amidine groups is 1. The van der Waals surface area contributed by atoms with Gasteiger partial charge >= 0.3 is 0 Å². The first-order valence-electron chi connectivity index (χ1n) is 7.39. The van der Waals surface area contributed by atoms with E-state index in [1.807, 2.05) is 17.5 Å². The van der Waals surface area contributed by atoms with E-state index in [1.165, 1.54) is 11.3 Å². The molecule has 0 bridgehead atoms. The van der Waals surface area contributed by atoms with Crippen LogP contribution in [0.3, 0.4) is 0 Å². The molecule has 2 aliphatic rings. The summed E-state index contributed by atoms with van der Waals surface area (Å²) in [6, 6.07) is 1.85. The van der Waals surface area contributed by atoms with Crippen molar-refractivity contribution in [2.24, 2.45) is 4.99 Å². The lowest BCUT2D eigenvalue weighted by Crippen LogP contribution is -2.40. The number of hydrogen-bond acceptors (Lipinski definition) is 6. The maximum atomic E-state index is 13.1. The van der Waals surface area contributed by atoms with Gasteiger partial charge in [-0.1, -0.05) is 0 Å². The van der Waals surface area contributed by atoms with Crippen molar-refractivity contribution in [3.63, 3.8) is 0 Å². The molecule has 9 heteroatoms. The number of likely N-dealkylation sites (tertiary alicyclic amines) is 1. The lowest BCUT2D eigenvalue weighted by molar-refractivity contribution is -0.122. The topological polar surface area (TPSA) is 74.2 Å². The number of carbonyl (C=O) groups is 1. The number of nitrogens with zero attached hydrogens (tertiary/aromatic N) is 2. The second-order valence-electron chi connectivity index (χ2n) is 5.12. The van der Waals surface area contributed by atoms with E-state index in [1.54, 1.807) is 7.11 Å². The highest BCUT2D eigenvalue weighted by Gasteiger charge is 2.28. The van der Waals surface area contributed by atoms with Gasteiger partial charge in [0.25, 0.3) is 12.9 Å². The molecule has 1 unspecified atom stereocenters. The summed E-state index contributed by atoms with van der Waals surface area (Å²) in [5, 5.41) is 11.6. The molecular formula is C15H19F2N3O3S. The Labute approximate surface area is 142 Å². The molecule has 1 atom stereocenters. The Bertz CT molecular complexity index is 613. The number of ether oxygens (including phenoxy) is 1. The van der Waals surface area contributed by atoms with Crippen LogP contribution in [0.2, 0.25) is 0 Å². The first kappa shape index (κ1) is 18.2. The molecule has 132 valence electrons. The van der Waals surface area contributed by atoms with Crippen LogP contribution in [-0.4, -0.2) is 55.1 Å². The van der Waals surface area contributed by atoms with Crippen LogP contribution in [0, 0.1) is 0 Å². The van der Waals surface area contributed by atoms with Crippen LogP contribution in [0.4, 0.5) is 8.78 Å². The zero-order valence-corrected chi connectivity index (χ0v) is 13.9. The third-order valence-electron chi connectivity index (χ3n) is 3.59. The fraction of sp³-hybridized carbons (Fsp3) is 0.467. The maximum Gasteiger partial charge on any atom is 0.290 e. The number of aliphatic imine (C=N–C) groups is 1. The number of alkyl halides is 2. The summed E-state index contributed by atoms with van der Waals surface area (Å²) >= 11 is 1.46. The van der Waals surface area contributed by atoms with Crippen molar-refractivity contribution in [3.8, 4) is 5.75 Å². The van der Waals surface area contributed by atoms with E-state index in [9.17, 15) is 8.78 Å². The molecule has 6 nitrogen and oxygen atoms in total. The highest BCUT2D eigenvalue weighted by molar-refractivity contribution is 7.11. The van der Waals surface area contributed by atoms with Crippen LogP contribution in [0.15, 0.2) is 22.5 Å². The standard InChI is InChI=1S/C14H17F2N3OS.CH2O2/c1-20-9-6-11(21-8-9)10-7-12(19-4-2-3-5-19)18-14(17-10)13(15)16;2-1-3/h6-8,13-14,17H,2-5H2,1H3;1H,(H,2,3). The Morgan fingerprint density at radius 3 is 2.71 bits per heavy atom. The second-order valence-corrected chi connectivity index (χ2v) is 6.03. The first-order valence-corrected chi connectivity index (χ1v) is 8.27. The van der Waals surface area contributed by atoms with E-state index in [2.05, 4.69) is 15.2 Å². The van der Waals surface area contributed by atoms with Gasteiger partial charge in [0.15, 0.2) is 6.17 Å². The van der Waals surface area contributed by atoms with Gasteiger partial charge in [-0.25, -0.2) is 13.8 Å². The van der Waals surface area contributed by atoms with Crippen molar-refractivity contribution in [2.45, 2.75) is 25.4 Å². The van der Waals surface area contributed by atoms with Gasteiger partial charge in [-0.05, 0) is 12.8 Å². The zero-order valence-electron chi connectivity index (χ0n) is 13.1.